The van der Waals surface area contributed by atoms with Crippen LogP contribution in [-0.4, -0.2) is 96.7 Å². The summed E-state index contributed by atoms with van der Waals surface area (Å²) in [5.74, 6) is 0.746. The van der Waals surface area contributed by atoms with Crippen LogP contribution in [-0.2, 0) is 65.4 Å². The molecule has 19 heteroatoms. The lowest BCUT2D eigenvalue weighted by molar-refractivity contribution is -0.161. The molecule has 3 N–H and O–H groups in total. The van der Waals surface area contributed by atoms with Crippen LogP contribution in [0.4, 0.5) is 0 Å². The van der Waals surface area contributed by atoms with Gasteiger partial charge in [0, 0.05) is 25.7 Å². The van der Waals surface area contributed by atoms with Crippen LogP contribution in [0.15, 0.2) is 0 Å². The maximum Gasteiger partial charge on any atom is 0.472 e. The number of aliphatic hydroxyl groups excluding tert-OH is 1. The van der Waals surface area contributed by atoms with Gasteiger partial charge >= 0.3 is 39.5 Å². The number of hydrogen-bond donors (Lipinski definition) is 3. The Morgan fingerprint density at radius 3 is 0.855 bits per heavy atom. The first-order valence-electron chi connectivity index (χ1n) is 33.3. The molecule has 4 unspecified atom stereocenters. The van der Waals surface area contributed by atoms with Gasteiger partial charge in [-0.1, -0.05) is 254 Å². The minimum atomic E-state index is -4.95. The number of rotatable bonds is 61. The number of phosphoric acid groups is 2. The normalized spacial score (nSPS) is 15.1. The molecule has 0 aliphatic heterocycles. The molecule has 0 aromatic rings. The first-order chi connectivity index (χ1) is 39.7. The fourth-order valence-corrected chi connectivity index (χ4v) is 10.9. The average molecular weight is 1230 g/mol. The van der Waals surface area contributed by atoms with Crippen molar-refractivity contribution in [1.29, 1.82) is 0 Å². The quantitative estimate of drug-likeness (QED) is 0.0222. The molecule has 492 valence electrons. The van der Waals surface area contributed by atoms with E-state index in [-0.39, 0.29) is 25.7 Å². The van der Waals surface area contributed by atoms with E-state index in [2.05, 4.69) is 55.4 Å². The van der Waals surface area contributed by atoms with Crippen molar-refractivity contribution < 1.29 is 80.2 Å². The van der Waals surface area contributed by atoms with Crippen LogP contribution in [0.1, 0.15) is 306 Å². The summed E-state index contributed by atoms with van der Waals surface area (Å²) in [6, 6.07) is 0. The molecular weight excluding hydrogens is 1100 g/mol. The highest BCUT2D eigenvalue weighted by Crippen LogP contribution is 2.45. The first kappa shape index (κ1) is 81.1. The highest BCUT2D eigenvalue weighted by molar-refractivity contribution is 7.47. The van der Waals surface area contributed by atoms with Gasteiger partial charge in [0.1, 0.15) is 19.3 Å². The zero-order valence-electron chi connectivity index (χ0n) is 53.8. The second kappa shape index (κ2) is 54.2. The number of unbranched alkanes of at least 4 members (excludes halogenated alkanes) is 25. The van der Waals surface area contributed by atoms with E-state index in [1.54, 1.807) is 0 Å². The summed E-state index contributed by atoms with van der Waals surface area (Å²) in [4.78, 5) is 72.2. The molecule has 7 atom stereocenters. The summed E-state index contributed by atoms with van der Waals surface area (Å²) in [5, 5.41) is 10.5. The lowest BCUT2D eigenvalue weighted by atomic mass is 10.00. The highest BCUT2D eigenvalue weighted by atomic mass is 31.2. The van der Waals surface area contributed by atoms with Gasteiger partial charge in [0.15, 0.2) is 12.2 Å². The van der Waals surface area contributed by atoms with Crippen molar-refractivity contribution in [3.8, 4) is 0 Å². The molecule has 0 heterocycles. The summed E-state index contributed by atoms with van der Waals surface area (Å²) in [5.41, 5.74) is 0. The summed E-state index contributed by atoms with van der Waals surface area (Å²) < 4.78 is 67.9. The molecule has 0 aromatic carbocycles. The Balaban J connectivity index is 5.24. The third-order valence-corrected chi connectivity index (χ3v) is 17.2. The molecule has 0 amide bonds. The maximum atomic E-state index is 13.0. The summed E-state index contributed by atoms with van der Waals surface area (Å²) >= 11 is 0. The molecule has 17 nitrogen and oxygen atoms in total. The Labute approximate surface area is 505 Å². The third kappa shape index (κ3) is 56.3. The van der Waals surface area contributed by atoms with E-state index in [0.717, 1.165) is 114 Å². The first-order valence-corrected chi connectivity index (χ1v) is 36.3. The van der Waals surface area contributed by atoms with Gasteiger partial charge in [0.25, 0.3) is 0 Å². The second-order valence-corrected chi connectivity index (χ2v) is 27.5. The highest BCUT2D eigenvalue weighted by Gasteiger charge is 2.30. The largest absolute Gasteiger partial charge is 0.472 e. The topological polar surface area (TPSA) is 237 Å². The molecule has 0 aliphatic carbocycles. The van der Waals surface area contributed by atoms with Crippen molar-refractivity contribution in [2.75, 3.05) is 39.6 Å². The molecule has 0 bridgehead atoms. The van der Waals surface area contributed by atoms with Gasteiger partial charge in [-0.05, 0) is 49.4 Å². The van der Waals surface area contributed by atoms with E-state index < -0.39 is 97.5 Å². The average Bonchev–Trinajstić information content (AvgIpc) is 3.45. The van der Waals surface area contributed by atoms with E-state index in [1.165, 1.54) is 103 Å². The second-order valence-electron chi connectivity index (χ2n) is 24.6. The maximum absolute atomic E-state index is 13.0. The Morgan fingerprint density at radius 2 is 0.578 bits per heavy atom. The Morgan fingerprint density at radius 1 is 0.337 bits per heavy atom. The summed E-state index contributed by atoms with van der Waals surface area (Å²) in [7, 11) is -9.89. The number of ether oxygens (including phenoxy) is 4. The molecule has 0 aromatic heterocycles. The van der Waals surface area contributed by atoms with Gasteiger partial charge in [0.2, 0.25) is 0 Å². The van der Waals surface area contributed by atoms with Crippen molar-refractivity contribution >= 4 is 39.5 Å². The van der Waals surface area contributed by atoms with Crippen LogP contribution in [0.3, 0.4) is 0 Å². The van der Waals surface area contributed by atoms with Crippen molar-refractivity contribution in [1.82, 2.24) is 0 Å². The molecule has 0 rings (SSSR count). The van der Waals surface area contributed by atoms with Crippen LogP contribution in [0.25, 0.3) is 0 Å². The van der Waals surface area contributed by atoms with E-state index in [1.807, 2.05) is 0 Å². The Hall–Kier alpha value is -1.94. The van der Waals surface area contributed by atoms with Crippen molar-refractivity contribution in [3.63, 3.8) is 0 Å². The summed E-state index contributed by atoms with van der Waals surface area (Å²) in [6.07, 6.45) is 33.7. The number of aliphatic hydroxyl groups is 1. The number of esters is 4. The van der Waals surface area contributed by atoms with Crippen molar-refractivity contribution in [2.24, 2.45) is 23.7 Å². The van der Waals surface area contributed by atoms with Gasteiger partial charge in [-0.25, -0.2) is 9.13 Å². The molecule has 0 saturated heterocycles. The Bertz CT molecular complexity index is 1670. The lowest BCUT2D eigenvalue weighted by Gasteiger charge is -2.21. The fraction of sp³-hybridized carbons (Fsp3) is 0.938. The van der Waals surface area contributed by atoms with Crippen molar-refractivity contribution in [3.05, 3.63) is 0 Å². The predicted octanol–water partition coefficient (Wildman–Crippen LogP) is 17.4. The van der Waals surface area contributed by atoms with Gasteiger partial charge in [-0.15, -0.1) is 0 Å². The van der Waals surface area contributed by atoms with E-state index in [9.17, 15) is 43.2 Å². The fourth-order valence-electron chi connectivity index (χ4n) is 9.36. The monoisotopic (exact) mass is 1230 g/mol. The van der Waals surface area contributed by atoms with Gasteiger partial charge in [-0.2, -0.15) is 0 Å². The van der Waals surface area contributed by atoms with Crippen LogP contribution in [0.5, 0.6) is 0 Å². The molecule has 0 fully saturated rings. The SMILES string of the molecule is CCC(C)CCCCCCCCC(=O)O[C@H](COC(=O)CCCCCCCCCCCCCC(C)C)COP(=O)(O)OC[C@@H](O)COP(=O)(O)OC[C@@H](COC(=O)CCCCCCCCC(C)C)OC(=O)CCCCCCCCC(C)CC. The Kier molecular flexibility index (Phi) is 53.0. The summed E-state index contributed by atoms with van der Waals surface area (Å²) in [6.45, 7) is 13.9. The van der Waals surface area contributed by atoms with E-state index in [4.69, 9.17) is 37.0 Å². The van der Waals surface area contributed by atoms with Crippen LogP contribution in [0, 0.1) is 23.7 Å². The van der Waals surface area contributed by atoms with Gasteiger partial charge in [-0.3, -0.25) is 37.3 Å². The minimum absolute atomic E-state index is 0.101. The van der Waals surface area contributed by atoms with Crippen LogP contribution >= 0.6 is 15.6 Å². The predicted molar refractivity (Wildman–Crippen MR) is 331 cm³/mol. The number of carbonyl (C=O) groups is 4. The minimum Gasteiger partial charge on any atom is -0.462 e. The lowest BCUT2D eigenvalue weighted by Crippen LogP contribution is -2.30. The standard InChI is InChI=1S/C64H124O17P2/c1-9-56(7)42-34-26-19-22-30-38-46-63(68)80-59(50-74-61(66)44-36-28-17-15-13-11-12-14-16-24-32-40-54(3)4)52-78-82(70,71)76-48-58(65)49-77-83(72,73)79-53-60(51-75-62(67)45-37-29-21-18-25-33-41-55(5)6)81-64(69)47-39-31-23-20-27-35-43-57(8)10-2/h54-60,65H,9-53H2,1-8H3,(H,70,71)(H,72,73)/t56?,57?,58-,59-,60-/m1/s1. The number of phosphoric ester groups is 2. The van der Waals surface area contributed by atoms with Gasteiger partial charge < -0.3 is 33.8 Å². The van der Waals surface area contributed by atoms with Crippen LogP contribution < -0.4 is 0 Å². The van der Waals surface area contributed by atoms with Crippen molar-refractivity contribution in [2.45, 2.75) is 324 Å². The zero-order chi connectivity index (χ0) is 61.8. The molecule has 0 radical (unpaired) electrons. The van der Waals surface area contributed by atoms with Gasteiger partial charge in [0.05, 0.1) is 26.4 Å². The van der Waals surface area contributed by atoms with E-state index in [0.29, 0.717) is 31.6 Å². The molecule has 0 aliphatic rings. The molecule has 0 spiro atoms. The third-order valence-electron chi connectivity index (χ3n) is 15.3. The molecular formula is C64H124O17P2. The number of hydrogen-bond acceptors (Lipinski definition) is 15. The molecule has 83 heavy (non-hydrogen) atoms. The smallest absolute Gasteiger partial charge is 0.462 e. The van der Waals surface area contributed by atoms with Crippen LogP contribution in [0.2, 0.25) is 0 Å². The molecule has 0 saturated carbocycles. The van der Waals surface area contributed by atoms with E-state index >= 15 is 0 Å². The number of carbonyl (C=O) groups excluding carboxylic acids is 4. The zero-order valence-corrected chi connectivity index (χ0v) is 55.6.